The first kappa shape index (κ1) is 15.4. The summed E-state index contributed by atoms with van der Waals surface area (Å²) in [6.45, 7) is 3.93. The predicted molar refractivity (Wildman–Crippen MR) is 81.0 cm³/mol. The van der Waals surface area contributed by atoms with Crippen LogP contribution in [0.4, 0.5) is 0 Å². The van der Waals surface area contributed by atoms with Gasteiger partial charge in [-0.2, -0.15) is 0 Å². The van der Waals surface area contributed by atoms with Crippen molar-refractivity contribution in [3.05, 3.63) is 34.6 Å². The van der Waals surface area contributed by atoms with Crippen molar-refractivity contribution in [3.63, 3.8) is 0 Å². The maximum atomic E-state index is 11.9. The van der Waals surface area contributed by atoms with Crippen molar-refractivity contribution < 1.29 is 14.3 Å². The minimum atomic E-state index is -0.479. The van der Waals surface area contributed by atoms with E-state index >= 15 is 0 Å². The molecule has 5 nitrogen and oxygen atoms in total. The summed E-state index contributed by atoms with van der Waals surface area (Å²) in [5, 5.41) is 0.495. The fourth-order valence-corrected chi connectivity index (χ4v) is 2.33. The number of imidazole rings is 1. The standard InChI is InChI=1S/C15H17ClN2O3/c1-8(2)12-13(15(19)21-4)18-14(17-12)11-9(16)6-5-7-10(11)20-3/h5-8H,1-4H3,(H,17,18). The molecule has 0 amide bonds. The predicted octanol–water partition coefficient (Wildman–Crippen LogP) is 3.65. The van der Waals surface area contributed by atoms with Crippen LogP contribution in [0.3, 0.4) is 0 Å². The van der Waals surface area contributed by atoms with Gasteiger partial charge in [-0.25, -0.2) is 9.78 Å². The second-order valence-electron chi connectivity index (χ2n) is 4.81. The van der Waals surface area contributed by atoms with Crippen molar-refractivity contribution in [1.29, 1.82) is 0 Å². The van der Waals surface area contributed by atoms with Crippen molar-refractivity contribution in [3.8, 4) is 17.1 Å². The lowest BCUT2D eigenvalue weighted by Gasteiger charge is -2.07. The molecule has 1 aromatic heterocycles. The van der Waals surface area contributed by atoms with Crippen molar-refractivity contribution in [1.82, 2.24) is 9.97 Å². The second-order valence-corrected chi connectivity index (χ2v) is 5.22. The van der Waals surface area contributed by atoms with Crippen LogP contribution in [0.1, 0.15) is 35.9 Å². The Morgan fingerprint density at radius 3 is 2.62 bits per heavy atom. The average molecular weight is 309 g/mol. The van der Waals surface area contributed by atoms with E-state index in [0.717, 1.165) is 0 Å². The maximum absolute atomic E-state index is 11.9. The molecule has 0 bridgehead atoms. The summed E-state index contributed by atoms with van der Waals surface area (Å²) >= 11 is 6.24. The number of nitrogens with one attached hydrogen (secondary N) is 1. The molecule has 0 aliphatic heterocycles. The molecular formula is C15H17ClN2O3. The van der Waals surface area contributed by atoms with Gasteiger partial charge in [0.2, 0.25) is 0 Å². The highest BCUT2D eigenvalue weighted by molar-refractivity contribution is 6.33. The van der Waals surface area contributed by atoms with Crippen LogP contribution in [0.15, 0.2) is 18.2 Å². The Kier molecular flexibility index (Phi) is 4.53. The van der Waals surface area contributed by atoms with Gasteiger partial charge in [0.05, 0.1) is 30.5 Å². The number of aromatic nitrogens is 2. The summed E-state index contributed by atoms with van der Waals surface area (Å²) in [6, 6.07) is 5.32. The number of halogens is 1. The van der Waals surface area contributed by atoms with Gasteiger partial charge in [0.15, 0.2) is 5.69 Å². The third-order valence-electron chi connectivity index (χ3n) is 3.12. The minimum Gasteiger partial charge on any atom is -0.496 e. The molecule has 0 fully saturated rings. The van der Waals surface area contributed by atoms with Gasteiger partial charge >= 0.3 is 5.97 Å². The van der Waals surface area contributed by atoms with E-state index in [1.165, 1.54) is 7.11 Å². The fraction of sp³-hybridized carbons (Fsp3) is 0.333. The number of ether oxygens (including phenoxy) is 2. The normalized spacial score (nSPS) is 10.8. The highest BCUT2D eigenvalue weighted by Crippen LogP contribution is 2.36. The van der Waals surface area contributed by atoms with Gasteiger partial charge in [0.1, 0.15) is 11.6 Å². The molecule has 0 saturated carbocycles. The first-order valence-corrected chi connectivity index (χ1v) is 6.88. The van der Waals surface area contributed by atoms with Crippen LogP contribution in [-0.4, -0.2) is 30.2 Å². The molecular weight excluding hydrogens is 292 g/mol. The van der Waals surface area contributed by atoms with Crippen LogP contribution in [-0.2, 0) is 4.74 Å². The van der Waals surface area contributed by atoms with Gasteiger partial charge in [-0.1, -0.05) is 31.5 Å². The molecule has 0 atom stereocenters. The molecule has 2 aromatic rings. The van der Waals surface area contributed by atoms with E-state index in [9.17, 15) is 4.79 Å². The number of carbonyl (C=O) groups excluding carboxylic acids is 1. The molecule has 0 aliphatic rings. The van der Waals surface area contributed by atoms with Crippen LogP contribution >= 0.6 is 11.6 Å². The van der Waals surface area contributed by atoms with E-state index in [0.29, 0.717) is 27.9 Å². The number of benzene rings is 1. The van der Waals surface area contributed by atoms with Crippen LogP contribution in [0.25, 0.3) is 11.4 Å². The summed E-state index contributed by atoms with van der Waals surface area (Å²) in [5.74, 6) is 0.686. The first-order valence-electron chi connectivity index (χ1n) is 6.50. The molecule has 2 rings (SSSR count). The molecule has 0 aliphatic carbocycles. The summed E-state index contributed by atoms with van der Waals surface area (Å²) in [5.41, 5.74) is 1.60. The fourth-order valence-electron chi connectivity index (χ4n) is 2.08. The minimum absolute atomic E-state index is 0.0915. The summed E-state index contributed by atoms with van der Waals surface area (Å²) in [7, 11) is 2.89. The smallest absolute Gasteiger partial charge is 0.358 e. The molecule has 0 unspecified atom stereocenters. The number of hydrogen-bond acceptors (Lipinski definition) is 4. The van der Waals surface area contributed by atoms with Crippen LogP contribution in [0, 0.1) is 0 Å². The average Bonchev–Trinajstić information content (AvgIpc) is 2.91. The maximum Gasteiger partial charge on any atom is 0.358 e. The SMILES string of the molecule is COC(=O)c1nc(-c2c(Cl)cccc2OC)[nH]c1C(C)C. The van der Waals surface area contributed by atoms with E-state index < -0.39 is 5.97 Å². The molecule has 0 spiro atoms. The lowest BCUT2D eigenvalue weighted by Crippen LogP contribution is -2.06. The van der Waals surface area contributed by atoms with Gasteiger partial charge in [-0.15, -0.1) is 0 Å². The van der Waals surface area contributed by atoms with Gasteiger partial charge in [-0.05, 0) is 18.1 Å². The number of esters is 1. The molecule has 1 N–H and O–H groups in total. The van der Waals surface area contributed by atoms with Gasteiger partial charge in [0, 0.05) is 0 Å². The first-order chi connectivity index (χ1) is 9.99. The zero-order chi connectivity index (χ0) is 15.6. The van der Waals surface area contributed by atoms with E-state index in [1.807, 2.05) is 13.8 Å². The van der Waals surface area contributed by atoms with E-state index in [1.54, 1.807) is 25.3 Å². The zero-order valence-corrected chi connectivity index (χ0v) is 13.1. The number of aromatic amines is 1. The van der Waals surface area contributed by atoms with Crippen LogP contribution < -0.4 is 4.74 Å². The van der Waals surface area contributed by atoms with Crippen molar-refractivity contribution in [2.24, 2.45) is 0 Å². The topological polar surface area (TPSA) is 64.2 Å². The molecule has 1 aromatic carbocycles. The largest absolute Gasteiger partial charge is 0.496 e. The van der Waals surface area contributed by atoms with Gasteiger partial charge in [0.25, 0.3) is 0 Å². The van der Waals surface area contributed by atoms with Crippen LogP contribution in [0.2, 0.25) is 5.02 Å². The quantitative estimate of drug-likeness (QED) is 0.876. The van der Waals surface area contributed by atoms with Gasteiger partial charge < -0.3 is 14.5 Å². The number of rotatable bonds is 4. The summed E-state index contributed by atoms with van der Waals surface area (Å²) < 4.78 is 10.1. The Bertz CT molecular complexity index is 665. The molecule has 21 heavy (non-hydrogen) atoms. The Morgan fingerprint density at radius 2 is 2.05 bits per heavy atom. The molecule has 0 saturated heterocycles. The monoisotopic (exact) mass is 308 g/mol. The summed E-state index contributed by atoms with van der Waals surface area (Å²) in [4.78, 5) is 19.4. The van der Waals surface area contributed by atoms with Crippen LogP contribution in [0.5, 0.6) is 5.75 Å². The van der Waals surface area contributed by atoms with Crippen molar-refractivity contribution in [2.45, 2.75) is 19.8 Å². The second kappa shape index (κ2) is 6.18. The van der Waals surface area contributed by atoms with E-state index in [4.69, 9.17) is 21.1 Å². The Morgan fingerprint density at radius 1 is 1.33 bits per heavy atom. The number of hydrogen-bond donors (Lipinski definition) is 1. The number of H-pyrrole nitrogens is 1. The highest BCUT2D eigenvalue weighted by Gasteiger charge is 2.23. The Labute approximate surface area is 128 Å². The lowest BCUT2D eigenvalue weighted by atomic mass is 10.1. The molecule has 1 heterocycles. The highest BCUT2D eigenvalue weighted by atomic mass is 35.5. The van der Waals surface area contributed by atoms with E-state index in [-0.39, 0.29) is 11.6 Å². The third kappa shape index (κ3) is 2.88. The van der Waals surface area contributed by atoms with Crippen molar-refractivity contribution >= 4 is 17.6 Å². The Hall–Kier alpha value is -2.01. The third-order valence-corrected chi connectivity index (χ3v) is 3.43. The number of nitrogens with zero attached hydrogens (tertiary/aromatic N) is 1. The van der Waals surface area contributed by atoms with Gasteiger partial charge in [-0.3, -0.25) is 0 Å². The van der Waals surface area contributed by atoms with E-state index in [2.05, 4.69) is 9.97 Å². The molecule has 0 radical (unpaired) electrons. The number of carbonyl (C=O) groups is 1. The molecule has 112 valence electrons. The lowest BCUT2D eigenvalue weighted by molar-refractivity contribution is 0.0593. The summed E-state index contributed by atoms with van der Waals surface area (Å²) in [6.07, 6.45) is 0. The molecule has 6 heteroatoms. The zero-order valence-electron chi connectivity index (χ0n) is 12.4. The van der Waals surface area contributed by atoms with Crippen molar-refractivity contribution in [2.75, 3.05) is 14.2 Å². The Balaban J connectivity index is 2.64. The number of methoxy groups -OCH3 is 2.